The Labute approximate surface area is 172 Å². The molecule has 1 aromatic heterocycles. The number of carbonyl (C=O) groups excluding carboxylic acids is 1. The first kappa shape index (κ1) is 19.2. The summed E-state index contributed by atoms with van der Waals surface area (Å²) < 4.78 is 2.02. The summed E-state index contributed by atoms with van der Waals surface area (Å²) in [5.74, 6) is 0. The van der Waals surface area contributed by atoms with Crippen LogP contribution in [0.2, 0.25) is 0 Å². The van der Waals surface area contributed by atoms with Gasteiger partial charge in [0, 0.05) is 30.4 Å². The van der Waals surface area contributed by atoms with Gasteiger partial charge in [0.1, 0.15) is 0 Å². The zero-order valence-corrected chi connectivity index (χ0v) is 17.1. The first-order valence-electron chi connectivity index (χ1n) is 10.3. The Kier molecular flexibility index (Phi) is 5.65. The Morgan fingerprint density at radius 1 is 1.03 bits per heavy atom. The van der Waals surface area contributed by atoms with Gasteiger partial charge in [0.2, 0.25) is 0 Å². The molecule has 1 N–H and O–H groups in total. The molecule has 0 bridgehead atoms. The Bertz CT molecular complexity index is 961. The standard InChI is InChI=1S/C24H28N4O/c1-18-23(19(2)28(26-18)17-21-11-7-4-8-12-21)15-25-24(29)27(22-13-14-22)16-20-9-5-3-6-10-20/h3-12,22H,13-17H2,1-2H3,(H,25,29). The van der Waals surface area contributed by atoms with Gasteiger partial charge in [-0.3, -0.25) is 4.68 Å². The zero-order chi connectivity index (χ0) is 20.2. The second-order valence-electron chi connectivity index (χ2n) is 7.80. The van der Waals surface area contributed by atoms with E-state index in [1.165, 1.54) is 5.56 Å². The van der Waals surface area contributed by atoms with Gasteiger partial charge in [-0.25, -0.2) is 4.79 Å². The monoisotopic (exact) mass is 388 g/mol. The van der Waals surface area contributed by atoms with E-state index in [4.69, 9.17) is 5.10 Å². The van der Waals surface area contributed by atoms with E-state index in [-0.39, 0.29) is 6.03 Å². The summed E-state index contributed by atoms with van der Waals surface area (Å²) in [5, 5.41) is 7.83. The fourth-order valence-corrected chi connectivity index (χ4v) is 3.70. The fourth-order valence-electron chi connectivity index (χ4n) is 3.70. The largest absolute Gasteiger partial charge is 0.334 e. The summed E-state index contributed by atoms with van der Waals surface area (Å²) >= 11 is 0. The molecule has 150 valence electrons. The van der Waals surface area contributed by atoms with E-state index in [2.05, 4.69) is 36.5 Å². The third-order valence-electron chi connectivity index (χ3n) is 5.57. The lowest BCUT2D eigenvalue weighted by Gasteiger charge is -2.23. The van der Waals surface area contributed by atoms with Crippen LogP contribution in [0.4, 0.5) is 4.79 Å². The number of urea groups is 1. The summed E-state index contributed by atoms with van der Waals surface area (Å²) in [5.41, 5.74) is 5.56. The molecule has 0 radical (unpaired) electrons. The van der Waals surface area contributed by atoms with E-state index in [1.54, 1.807) is 0 Å². The van der Waals surface area contributed by atoms with Crippen LogP contribution in [0.5, 0.6) is 0 Å². The molecule has 4 rings (SSSR count). The lowest BCUT2D eigenvalue weighted by molar-refractivity contribution is 0.191. The van der Waals surface area contributed by atoms with Crippen molar-refractivity contribution in [1.82, 2.24) is 20.0 Å². The summed E-state index contributed by atoms with van der Waals surface area (Å²) in [6, 6.07) is 20.9. The number of carbonyl (C=O) groups is 1. The number of benzene rings is 2. The Morgan fingerprint density at radius 2 is 1.66 bits per heavy atom. The van der Waals surface area contributed by atoms with Crippen molar-refractivity contribution >= 4 is 6.03 Å². The van der Waals surface area contributed by atoms with Crippen LogP contribution >= 0.6 is 0 Å². The van der Waals surface area contributed by atoms with Crippen molar-refractivity contribution in [2.24, 2.45) is 0 Å². The van der Waals surface area contributed by atoms with Gasteiger partial charge in [0.05, 0.1) is 12.2 Å². The first-order chi connectivity index (χ1) is 14.1. The lowest BCUT2D eigenvalue weighted by Crippen LogP contribution is -2.40. The molecule has 1 fully saturated rings. The summed E-state index contributed by atoms with van der Waals surface area (Å²) in [6.45, 7) is 5.99. The van der Waals surface area contributed by atoms with Crippen molar-refractivity contribution in [3.05, 3.63) is 88.7 Å². The molecule has 5 heteroatoms. The molecule has 0 saturated heterocycles. The minimum absolute atomic E-state index is 0.00552. The molecular formula is C24H28N4O. The highest BCUT2D eigenvalue weighted by atomic mass is 16.2. The molecule has 29 heavy (non-hydrogen) atoms. The molecule has 2 aromatic carbocycles. The van der Waals surface area contributed by atoms with Crippen LogP contribution in [-0.2, 0) is 19.6 Å². The molecule has 3 aromatic rings. The predicted octanol–water partition coefficient (Wildman–Crippen LogP) is 4.42. The van der Waals surface area contributed by atoms with Crippen molar-refractivity contribution in [1.29, 1.82) is 0 Å². The number of nitrogens with one attached hydrogen (secondary N) is 1. The van der Waals surface area contributed by atoms with Crippen LogP contribution < -0.4 is 5.32 Å². The van der Waals surface area contributed by atoms with Crippen molar-refractivity contribution in [2.75, 3.05) is 0 Å². The maximum atomic E-state index is 12.9. The summed E-state index contributed by atoms with van der Waals surface area (Å²) in [7, 11) is 0. The second kappa shape index (κ2) is 8.52. The fraction of sp³-hybridized carbons (Fsp3) is 0.333. The molecule has 0 aliphatic heterocycles. The van der Waals surface area contributed by atoms with Gasteiger partial charge in [-0.1, -0.05) is 60.7 Å². The van der Waals surface area contributed by atoms with Gasteiger partial charge in [0.25, 0.3) is 0 Å². The zero-order valence-electron chi connectivity index (χ0n) is 17.1. The topological polar surface area (TPSA) is 50.2 Å². The Morgan fingerprint density at radius 3 is 2.28 bits per heavy atom. The van der Waals surface area contributed by atoms with Crippen LogP contribution in [0.25, 0.3) is 0 Å². The molecular weight excluding hydrogens is 360 g/mol. The molecule has 1 heterocycles. The van der Waals surface area contributed by atoms with E-state index in [1.807, 2.05) is 52.9 Å². The lowest BCUT2D eigenvalue weighted by atomic mass is 10.2. The van der Waals surface area contributed by atoms with Crippen LogP contribution in [0, 0.1) is 13.8 Å². The normalized spacial score (nSPS) is 13.3. The molecule has 1 saturated carbocycles. The van der Waals surface area contributed by atoms with Crippen LogP contribution in [0.3, 0.4) is 0 Å². The van der Waals surface area contributed by atoms with E-state index < -0.39 is 0 Å². The highest BCUT2D eigenvalue weighted by Crippen LogP contribution is 2.28. The number of amides is 2. The van der Waals surface area contributed by atoms with Crippen molar-refractivity contribution in [2.45, 2.75) is 52.4 Å². The smallest absolute Gasteiger partial charge is 0.318 e. The van der Waals surface area contributed by atoms with Crippen LogP contribution in [-0.4, -0.2) is 26.8 Å². The summed E-state index contributed by atoms with van der Waals surface area (Å²) in [4.78, 5) is 14.9. The first-order valence-corrected chi connectivity index (χ1v) is 10.3. The highest BCUT2D eigenvalue weighted by Gasteiger charge is 2.32. The average molecular weight is 389 g/mol. The summed E-state index contributed by atoms with van der Waals surface area (Å²) in [6.07, 6.45) is 2.18. The molecule has 5 nitrogen and oxygen atoms in total. The van der Waals surface area contributed by atoms with E-state index >= 15 is 0 Å². The molecule has 1 aliphatic rings. The van der Waals surface area contributed by atoms with Gasteiger partial charge in [-0.05, 0) is 37.8 Å². The van der Waals surface area contributed by atoms with Crippen molar-refractivity contribution < 1.29 is 4.79 Å². The van der Waals surface area contributed by atoms with Gasteiger partial charge in [-0.2, -0.15) is 5.10 Å². The van der Waals surface area contributed by atoms with Gasteiger partial charge >= 0.3 is 6.03 Å². The highest BCUT2D eigenvalue weighted by molar-refractivity contribution is 5.75. The predicted molar refractivity (Wildman–Crippen MR) is 114 cm³/mol. The minimum atomic E-state index is 0.00552. The SMILES string of the molecule is Cc1nn(Cc2ccccc2)c(C)c1CNC(=O)N(Cc1ccccc1)C1CC1. The van der Waals surface area contributed by atoms with E-state index in [9.17, 15) is 4.79 Å². The quantitative estimate of drug-likeness (QED) is 0.651. The molecule has 2 amide bonds. The third kappa shape index (κ3) is 4.67. The number of nitrogens with zero attached hydrogens (tertiary/aromatic N) is 3. The maximum absolute atomic E-state index is 12.9. The average Bonchev–Trinajstić information content (AvgIpc) is 3.54. The van der Waals surface area contributed by atoms with Gasteiger partial charge < -0.3 is 10.2 Å². The van der Waals surface area contributed by atoms with Crippen LogP contribution in [0.1, 0.15) is 40.9 Å². The van der Waals surface area contributed by atoms with Gasteiger partial charge in [-0.15, -0.1) is 0 Å². The maximum Gasteiger partial charge on any atom is 0.318 e. The number of rotatable bonds is 7. The van der Waals surface area contributed by atoms with Gasteiger partial charge in [0.15, 0.2) is 0 Å². The van der Waals surface area contributed by atoms with E-state index in [0.717, 1.165) is 41.9 Å². The molecule has 0 unspecified atom stereocenters. The third-order valence-corrected chi connectivity index (χ3v) is 5.57. The number of hydrogen-bond acceptors (Lipinski definition) is 2. The second-order valence-corrected chi connectivity index (χ2v) is 7.80. The molecule has 0 spiro atoms. The van der Waals surface area contributed by atoms with E-state index in [0.29, 0.717) is 19.1 Å². The Hall–Kier alpha value is -3.08. The molecule has 1 aliphatic carbocycles. The minimum Gasteiger partial charge on any atom is -0.334 e. The Balaban J connectivity index is 1.42. The number of aromatic nitrogens is 2. The molecule has 0 atom stereocenters. The number of aryl methyl sites for hydroxylation is 1. The van der Waals surface area contributed by atoms with Crippen molar-refractivity contribution in [3.8, 4) is 0 Å². The number of hydrogen-bond donors (Lipinski definition) is 1. The van der Waals surface area contributed by atoms with Crippen LogP contribution in [0.15, 0.2) is 60.7 Å². The van der Waals surface area contributed by atoms with Crippen molar-refractivity contribution in [3.63, 3.8) is 0 Å².